The Kier molecular flexibility index (Phi) is 4.41. The fourth-order valence-corrected chi connectivity index (χ4v) is 1.76. The number of hydrogen-bond acceptors (Lipinski definition) is 4. The number of ether oxygens (including phenoxy) is 3. The molecule has 1 aliphatic rings. The van der Waals surface area contributed by atoms with Crippen molar-refractivity contribution in [1.29, 1.82) is 0 Å². The number of benzene rings is 1. The summed E-state index contributed by atoms with van der Waals surface area (Å²) in [6.07, 6.45) is -3.71. The number of rotatable bonds is 5. The summed E-state index contributed by atoms with van der Waals surface area (Å²) in [6, 6.07) is 9.52. The zero-order valence-electron chi connectivity index (χ0n) is 10.0. The summed E-state index contributed by atoms with van der Waals surface area (Å²) in [5.41, 5.74) is 0.989. The second kappa shape index (κ2) is 6.04. The molecule has 1 aromatic carbocycles. The molecular weight excluding hydrogens is 239 g/mol. The maximum Gasteiger partial charge on any atom is 0.211 e. The molecule has 98 valence electrons. The number of methoxy groups -OCH3 is 1. The van der Waals surface area contributed by atoms with Crippen LogP contribution in [0.2, 0.25) is 0 Å². The first-order chi connectivity index (χ1) is 8.72. The number of alkyl halides is 1. The lowest BCUT2D eigenvalue weighted by atomic mass is 10.2. The van der Waals surface area contributed by atoms with Crippen molar-refractivity contribution in [2.45, 2.75) is 25.2 Å². The van der Waals surface area contributed by atoms with Crippen LogP contribution in [0.5, 0.6) is 0 Å². The molecule has 1 aliphatic heterocycles. The Morgan fingerprint density at radius 2 is 2.06 bits per heavy atom. The minimum Gasteiger partial charge on any atom is -0.374 e. The van der Waals surface area contributed by atoms with Crippen molar-refractivity contribution in [1.82, 2.24) is 0 Å². The van der Waals surface area contributed by atoms with E-state index < -0.39 is 24.3 Å². The van der Waals surface area contributed by atoms with E-state index in [2.05, 4.69) is 0 Å². The van der Waals surface area contributed by atoms with Gasteiger partial charge in [-0.05, 0) is 5.56 Å². The van der Waals surface area contributed by atoms with E-state index in [9.17, 15) is 9.18 Å². The molecule has 0 radical (unpaired) electrons. The Hall–Kier alpha value is -1.30. The molecule has 0 unspecified atom stereocenters. The van der Waals surface area contributed by atoms with Crippen molar-refractivity contribution in [3.05, 3.63) is 35.9 Å². The number of Topliss-reactive ketones (excluding diaryl/α,β-unsaturated/α-hetero) is 1. The second-order valence-electron chi connectivity index (χ2n) is 4.03. The van der Waals surface area contributed by atoms with Gasteiger partial charge in [0.1, 0.15) is 6.10 Å². The third-order valence-corrected chi connectivity index (χ3v) is 2.74. The summed E-state index contributed by atoms with van der Waals surface area (Å²) >= 11 is 0. The van der Waals surface area contributed by atoms with Crippen LogP contribution in [-0.4, -0.2) is 38.1 Å². The average molecular weight is 254 g/mol. The molecule has 0 aliphatic carbocycles. The zero-order valence-corrected chi connectivity index (χ0v) is 10.0. The van der Waals surface area contributed by atoms with Crippen LogP contribution in [0.15, 0.2) is 30.3 Å². The highest BCUT2D eigenvalue weighted by molar-refractivity contribution is 5.89. The molecule has 1 aromatic rings. The smallest absolute Gasteiger partial charge is 0.211 e. The fraction of sp³-hybridized carbons (Fsp3) is 0.462. The number of carbonyl (C=O) groups excluding carboxylic acids is 1. The molecule has 5 heteroatoms. The second-order valence-corrected chi connectivity index (χ2v) is 4.03. The van der Waals surface area contributed by atoms with Crippen LogP contribution < -0.4 is 0 Å². The van der Waals surface area contributed by atoms with Crippen LogP contribution in [0.4, 0.5) is 4.39 Å². The Morgan fingerprint density at radius 3 is 2.67 bits per heavy atom. The average Bonchev–Trinajstić information content (AvgIpc) is 2.68. The van der Waals surface area contributed by atoms with Crippen LogP contribution >= 0.6 is 0 Å². The van der Waals surface area contributed by atoms with Gasteiger partial charge < -0.3 is 14.2 Å². The first kappa shape index (κ1) is 13.1. The lowest BCUT2D eigenvalue weighted by Crippen LogP contribution is -2.26. The lowest BCUT2D eigenvalue weighted by Gasteiger charge is -2.11. The van der Waals surface area contributed by atoms with Gasteiger partial charge in [-0.3, -0.25) is 4.79 Å². The van der Waals surface area contributed by atoms with E-state index in [-0.39, 0.29) is 6.61 Å². The van der Waals surface area contributed by atoms with Gasteiger partial charge >= 0.3 is 0 Å². The van der Waals surface area contributed by atoms with Crippen molar-refractivity contribution in [2.75, 3.05) is 13.7 Å². The Balaban J connectivity index is 1.79. The summed E-state index contributed by atoms with van der Waals surface area (Å²) in [6.45, 7) is 0.399. The van der Waals surface area contributed by atoms with Gasteiger partial charge in [0.2, 0.25) is 12.0 Å². The molecule has 18 heavy (non-hydrogen) atoms. The van der Waals surface area contributed by atoms with E-state index in [1.807, 2.05) is 30.3 Å². The van der Waals surface area contributed by atoms with E-state index >= 15 is 0 Å². The summed E-state index contributed by atoms with van der Waals surface area (Å²) in [5.74, 6) is -0.616. The van der Waals surface area contributed by atoms with Crippen LogP contribution in [-0.2, 0) is 25.6 Å². The van der Waals surface area contributed by atoms with Crippen LogP contribution in [0.25, 0.3) is 0 Å². The standard InChI is InChI=1S/C13H15FO4/c1-16-13-11(14)12(15)10(18-13)8-17-7-9-5-3-2-4-6-9/h2-6,10-11,13H,7-8H2,1H3/t10-,11-,13+/m1/s1. The minimum atomic E-state index is -1.72. The molecule has 2 rings (SSSR count). The predicted molar refractivity (Wildman–Crippen MR) is 61.7 cm³/mol. The van der Waals surface area contributed by atoms with Crippen molar-refractivity contribution >= 4 is 5.78 Å². The molecule has 0 saturated carbocycles. The molecule has 3 atom stereocenters. The third-order valence-electron chi connectivity index (χ3n) is 2.74. The molecule has 0 aromatic heterocycles. The zero-order chi connectivity index (χ0) is 13.0. The van der Waals surface area contributed by atoms with E-state index in [1.54, 1.807) is 0 Å². The van der Waals surface area contributed by atoms with Gasteiger partial charge in [-0.25, -0.2) is 4.39 Å². The van der Waals surface area contributed by atoms with Gasteiger partial charge in [0.05, 0.1) is 13.2 Å². The van der Waals surface area contributed by atoms with Crippen LogP contribution in [0.3, 0.4) is 0 Å². The summed E-state index contributed by atoms with van der Waals surface area (Å²) < 4.78 is 28.5. The van der Waals surface area contributed by atoms with Gasteiger partial charge in [-0.1, -0.05) is 30.3 Å². The number of ketones is 1. The highest BCUT2D eigenvalue weighted by atomic mass is 19.1. The Labute approximate surface area is 105 Å². The van der Waals surface area contributed by atoms with Crippen molar-refractivity contribution in [2.24, 2.45) is 0 Å². The Morgan fingerprint density at radius 1 is 1.33 bits per heavy atom. The summed E-state index contributed by atoms with van der Waals surface area (Å²) in [4.78, 5) is 11.5. The molecular formula is C13H15FO4. The van der Waals surface area contributed by atoms with E-state index in [0.717, 1.165) is 5.56 Å². The van der Waals surface area contributed by atoms with Crippen LogP contribution in [0, 0.1) is 0 Å². The number of carbonyl (C=O) groups is 1. The lowest BCUT2D eigenvalue weighted by molar-refractivity contribution is -0.147. The molecule has 0 amide bonds. The van der Waals surface area contributed by atoms with Gasteiger partial charge in [0.15, 0.2) is 6.29 Å². The van der Waals surface area contributed by atoms with E-state index in [4.69, 9.17) is 14.2 Å². The largest absolute Gasteiger partial charge is 0.374 e. The Bertz CT molecular complexity index is 395. The highest BCUT2D eigenvalue weighted by Gasteiger charge is 2.44. The molecule has 0 spiro atoms. The molecule has 0 bridgehead atoms. The highest BCUT2D eigenvalue weighted by Crippen LogP contribution is 2.21. The topological polar surface area (TPSA) is 44.8 Å². The first-order valence-corrected chi connectivity index (χ1v) is 5.70. The number of hydrogen-bond donors (Lipinski definition) is 0. The van der Waals surface area contributed by atoms with E-state index in [1.165, 1.54) is 7.11 Å². The van der Waals surface area contributed by atoms with Crippen molar-refractivity contribution in [3.8, 4) is 0 Å². The predicted octanol–water partition coefficient (Wildman–Crippen LogP) is 1.48. The third kappa shape index (κ3) is 2.93. The quantitative estimate of drug-likeness (QED) is 0.798. The minimum absolute atomic E-state index is 0.0357. The van der Waals surface area contributed by atoms with Gasteiger partial charge in [0, 0.05) is 7.11 Å². The first-order valence-electron chi connectivity index (χ1n) is 5.70. The van der Waals surface area contributed by atoms with Crippen molar-refractivity contribution in [3.63, 3.8) is 0 Å². The van der Waals surface area contributed by atoms with Gasteiger partial charge in [-0.2, -0.15) is 0 Å². The van der Waals surface area contributed by atoms with Crippen molar-refractivity contribution < 1.29 is 23.4 Å². The summed E-state index contributed by atoms with van der Waals surface area (Å²) in [5, 5.41) is 0. The fourth-order valence-electron chi connectivity index (χ4n) is 1.76. The SMILES string of the molecule is CO[C@H]1O[C@H](COCc2ccccc2)C(=O)[C@H]1F. The maximum atomic E-state index is 13.3. The molecule has 1 saturated heterocycles. The monoisotopic (exact) mass is 254 g/mol. The maximum absolute atomic E-state index is 13.3. The van der Waals surface area contributed by atoms with Gasteiger partial charge in [0.25, 0.3) is 0 Å². The van der Waals surface area contributed by atoms with Gasteiger partial charge in [-0.15, -0.1) is 0 Å². The molecule has 0 N–H and O–H groups in total. The normalized spacial score (nSPS) is 27.7. The molecule has 1 heterocycles. The molecule has 1 fully saturated rings. The van der Waals surface area contributed by atoms with Crippen LogP contribution in [0.1, 0.15) is 5.56 Å². The summed E-state index contributed by atoms with van der Waals surface area (Å²) in [7, 11) is 1.30. The molecule has 4 nitrogen and oxygen atoms in total. The van der Waals surface area contributed by atoms with E-state index in [0.29, 0.717) is 6.61 Å². The number of halogens is 1.